The van der Waals surface area contributed by atoms with Gasteiger partial charge in [0.1, 0.15) is 5.69 Å². The van der Waals surface area contributed by atoms with Crippen molar-refractivity contribution in [3.8, 4) is 0 Å². The number of rotatable bonds is 4. The Balaban J connectivity index is 2.88. The molecule has 0 fully saturated rings. The number of nitrogens with zero attached hydrogens (tertiary/aromatic N) is 3. The van der Waals surface area contributed by atoms with Crippen LogP contribution in [0.5, 0.6) is 0 Å². The molecule has 5 nitrogen and oxygen atoms in total. The summed E-state index contributed by atoms with van der Waals surface area (Å²) < 4.78 is 1.99. The lowest BCUT2D eigenvalue weighted by molar-refractivity contribution is 0.0919. The van der Waals surface area contributed by atoms with Crippen molar-refractivity contribution < 1.29 is 4.79 Å². The Bertz CT molecular complexity index is 317. The first-order valence-electron chi connectivity index (χ1n) is 4.32. The minimum atomic E-state index is -0.0755. The lowest BCUT2D eigenvalue weighted by Gasteiger charge is -2.08. The van der Waals surface area contributed by atoms with Crippen LogP contribution in [-0.4, -0.2) is 34.4 Å². The van der Waals surface area contributed by atoms with Crippen molar-refractivity contribution in [3.63, 3.8) is 0 Å². The van der Waals surface area contributed by atoms with Crippen LogP contribution in [-0.2, 0) is 7.05 Å². The van der Waals surface area contributed by atoms with Gasteiger partial charge in [-0.25, -0.2) is 4.68 Å². The van der Waals surface area contributed by atoms with Gasteiger partial charge in [-0.1, -0.05) is 12.1 Å². The average Bonchev–Trinajstić information content (AvgIpc) is 2.46. The van der Waals surface area contributed by atoms with Gasteiger partial charge in [-0.3, -0.25) is 4.79 Å². The maximum atomic E-state index is 11.9. The number of hydrogen-bond acceptors (Lipinski definition) is 4. The second-order valence-electron chi connectivity index (χ2n) is 3.18. The van der Waals surface area contributed by atoms with Crippen LogP contribution >= 0.6 is 15.9 Å². The number of ketones is 1. The van der Waals surface area contributed by atoms with Crippen LogP contribution in [0.1, 0.15) is 17.4 Å². The molecule has 1 unspecified atom stereocenters. The van der Waals surface area contributed by atoms with Gasteiger partial charge in [-0.2, -0.15) is 0 Å². The normalized spacial score (nSPS) is 12.9. The summed E-state index contributed by atoms with van der Waals surface area (Å²) in [5.41, 5.74) is 0.521. The smallest absolute Gasteiger partial charge is 0.187 e. The number of halogens is 1. The Morgan fingerprint density at radius 1 is 1.71 bits per heavy atom. The molecule has 0 aliphatic carbocycles. The summed E-state index contributed by atoms with van der Waals surface area (Å²) in [6.45, 7) is 2.52. The van der Waals surface area contributed by atoms with E-state index in [2.05, 4.69) is 31.6 Å². The second kappa shape index (κ2) is 4.65. The summed E-state index contributed by atoms with van der Waals surface area (Å²) in [7, 11) is 3.53. The van der Waals surface area contributed by atoms with E-state index in [-0.39, 0.29) is 11.7 Å². The van der Waals surface area contributed by atoms with Crippen LogP contribution in [0.2, 0.25) is 0 Å². The average molecular weight is 261 g/mol. The summed E-state index contributed by atoms with van der Waals surface area (Å²) in [6, 6.07) is 0. The van der Waals surface area contributed by atoms with E-state index >= 15 is 0 Å². The third kappa shape index (κ3) is 2.19. The van der Waals surface area contributed by atoms with E-state index in [4.69, 9.17) is 0 Å². The molecular formula is C8H13BrN4O. The summed E-state index contributed by atoms with van der Waals surface area (Å²) >= 11 is 3.20. The highest BCUT2D eigenvalue weighted by Gasteiger charge is 2.21. The zero-order valence-corrected chi connectivity index (χ0v) is 10.00. The molecule has 0 aliphatic heterocycles. The first kappa shape index (κ1) is 11.3. The molecule has 1 N–H and O–H groups in total. The Morgan fingerprint density at radius 3 is 2.79 bits per heavy atom. The van der Waals surface area contributed by atoms with E-state index in [1.165, 1.54) is 4.68 Å². The highest BCUT2D eigenvalue weighted by atomic mass is 79.9. The maximum absolute atomic E-state index is 11.9. The number of Topliss-reactive ketones (excluding diaryl/α,β-unsaturated/α-hetero) is 1. The quantitative estimate of drug-likeness (QED) is 0.807. The van der Waals surface area contributed by atoms with Crippen LogP contribution in [0.15, 0.2) is 4.60 Å². The molecule has 14 heavy (non-hydrogen) atoms. The lowest BCUT2D eigenvalue weighted by atomic mass is 10.0. The fourth-order valence-electron chi connectivity index (χ4n) is 1.23. The van der Waals surface area contributed by atoms with Gasteiger partial charge in [-0.05, 0) is 23.0 Å². The van der Waals surface area contributed by atoms with Crippen LogP contribution in [0.3, 0.4) is 0 Å². The second-order valence-corrected chi connectivity index (χ2v) is 3.93. The van der Waals surface area contributed by atoms with Crippen molar-refractivity contribution in [1.29, 1.82) is 0 Å². The molecule has 0 saturated heterocycles. The van der Waals surface area contributed by atoms with Crippen LogP contribution < -0.4 is 5.32 Å². The van der Waals surface area contributed by atoms with E-state index in [1.54, 1.807) is 7.05 Å². The largest absolute Gasteiger partial charge is 0.319 e. The van der Waals surface area contributed by atoms with Crippen LogP contribution in [0, 0.1) is 5.92 Å². The number of aromatic nitrogens is 3. The monoisotopic (exact) mass is 260 g/mol. The minimum absolute atomic E-state index is 0.0405. The lowest BCUT2D eigenvalue weighted by Crippen LogP contribution is -2.25. The standard InChI is InChI=1S/C8H13BrN4O/c1-5(4-10-2)7(14)6-8(9)11-12-13(6)3/h5,10H,4H2,1-3H3. The topological polar surface area (TPSA) is 59.8 Å². The number of nitrogens with one attached hydrogen (secondary N) is 1. The summed E-state index contributed by atoms with van der Waals surface area (Å²) in [4.78, 5) is 11.9. The summed E-state index contributed by atoms with van der Waals surface area (Å²) in [5.74, 6) is -0.0350. The maximum Gasteiger partial charge on any atom is 0.187 e. The SMILES string of the molecule is CNCC(C)C(=O)c1c(Br)nnn1C. The van der Waals surface area contributed by atoms with Gasteiger partial charge in [0.05, 0.1) is 0 Å². The van der Waals surface area contributed by atoms with Crippen molar-refractivity contribution in [3.05, 3.63) is 10.3 Å². The van der Waals surface area contributed by atoms with Crippen molar-refractivity contribution in [2.75, 3.05) is 13.6 Å². The highest BCUT2D eigenvalue weighted by Crippen LogP contribution is 2.15. The molecule has 6 heteroatoms. The Morgan fingerprint density at radius 2 is 2.36 bits per heavy atom. The van der Waals surface area contributed by atoms with Gasteiger partial charge >= 0.3 is 0 Å². The number of carbonyl (C=O) groups is 1. The molecule has 0 amide bonds. The van der Waals surface area contributed by atoms with Crippen molar-refractivity contribution in [2.24, 2.45) is 13.0 Å². The van der Waals surface area contributed by atoms with Crippen molar-refractivity contribution in [1.82, 2.24) is 20.3 Å². The number of aryl methyl sites for hydroxylation is 1. The zero-order chi connectivity index (χ0) is 10.7. The predicted octanol–water partition coefficient (Wildman–Crippen LogP) is 0.616. The highest BCUT2D eigenvalue weighted by molar-refractivity contribution is 9.10. The third-order valence-corrected chi connectivity index (χ3v) is 2.51. The van der Waals surface area contributed by atoms with Crippen LogP contribution in [0.25, 0.3) is 0 Å². The molecule has 0 bridgehead atoms. The number of hydrogen-bond donors (Lipinski definition) is 1. The Kier molecular flexibility index (Phi) is 3.77. The Labute approximate surface area is 91.0 Å². The molecular weight excluding hydrogens is 248 g/mol. The molecule has 78 valence electrons. The molecule has 0 saturated carbocycles. The van der Waals surface area contributed by atoms with E-state index in [1.807, 2.05) is 14.0 Å². The van der Waals surface area contributed by atoms with Gasteiger partial charge in [0.2, 0.25) is 0 Å². The third-order valence-electron chi connectivity index (χ3n) is 1.98. The molecule has 1 heterocycles. The molecule has 1 atom stereocenters. The van der Waals surface area contributed by atoms with Gasteiger partial charge in [0, 0.05) is 19.5 Å². The zero-order valence-electron chi connectivity index (χ0n) is 8.41. The van der Waals surface area contributed by atoms with Crippen molar-refractivity contribution in [2.45, 2.75) is 6.92 Å². The van der Waals surface area contributed by atoms with E-state index < -0.39 is 0 Å². The van der Waals surface area contributed by atoms with E-state index in [0.717, 1.165) is 0 Å². The molecule has 1 aromatic rings. The first-order valence-corrected chi connectivity index (χ1v) is 5.11. The van der Waals surface area contributed by atoms with Gasteiger partial charge in [-0.15, -0.1) is 5.10 Å². The molecule has 0 aliphatic rings. The Hall–Kier alpha value is -0.750. The minimum Gasteiger partial charge on any atom is -0.319 e. The first-order chi connectivity index (χ1) is 6.57. The number of carbonyl (C=O) groups excluding carboxylic acids is 1. The fraction of sp³-hybridized carbons (Fsp3) is 0.625. The molecule has 0 spiro atoms. The van der Waals surface area contributed by atoms with Crippen LogP contribution in [0.4, 0.5) is 0 Å². The van der Waals surface area contributed by atoms with E-state index in [0.29, 0.717) is 16.8 Å². The van der Waals surface area contributed by atoms with Gasteiger partial charge in [0.25, 0.3) is 0 Å². The van der Waals surface area contributed by atoms with Crippen molar-refractivity contribution >= 4 is 21.7 Å². The molecule has 0 radical (unpaired) electrons. The summed E-state index contributed by atoms with van der Waals surface area (Å²) in [6.07, 6.45) is 0. The molecule has 1 rings (SSSR count). The predicted molar refractivity (Wildman–Crippen MR) is 56.1 cm³/mol. The van der Waals surface area contributed by atoms with Gasteiger partial charge < -0.3 is 5.32 Å². The fourth-order valence-corrected chi connectivity index (χ4v) is 1.75. The summed E-state index contributed by atoms with van der Waals surface area (Å²) in [5, 5.41) is 10.5. The molecule has 0 aromatic carbocycles. The molecule has 1 aromatic heterocycles. The van der Waals surface area contributed by atoms with E-state index in [9.17, 15) is 4.79 Å². The van der Waals surface area contributed by atoms with Gasteiger partial charge in [0.15, 0.2) is 10.4 Å².